The first-order valence-corrected chi connectivity index (χ1v) is 10.5. The summed E-state index contributed by atoms with van der Waals surface area (Å²) < 4.78 is 11.9. The average Bonchev–Trinajstić information content (AvgIpc) is 2.72. The van der Waals surface area contributed by atoms with Crippen molar-refractivity contribution in [3.05, 3.63) is 53.1 Å². The van der Waals surface area contributed by atoms with Crippen LogP contribution < -0.4 is 14.8 Å². The second kappa shape index (κ2) is 9.99. The number of anilines is 1. The molecule has 0 aromatic heterocycles. The molecule has 1 heterocycles. The van der Waals surface area contributed by atoms with Crippen LogP contribution in [0.1, 0.15) is 31.7 Å². The van der Waals surface area contributed by atoms with E-state index in [0.717, 1.165) is 42.9 Å². The molecule has 1 saturated heterocycles. The summed E-state index contributed by atoms with van der Waals surface area (Å²) in [6.45, 7) is 5.95. The van der Waals surface area contributed by atoms with E-state index in [0.29, 0.717) is 17.2 Å². The summed E-state index contributed by atoms with van der Waals surface area (Å²) >= 11 is 6.05. The van der Waals surface area contributed by atoms with Gasteiger partial charge in [0.05, 0.1) is 0 Å². The van der Waals surface area contributed by atoms with Gasteiger partial charge in [-0.3, -0.25) is 4.79 Å². The molecular formula is C23H29ClN2O3. The Morgan fingerprint density at radius 1 is 1.17 bits per heavy atom. The minimum atomic E-state index is -0.578. The lowest BCUT2D eigenvalue weighted by Gasteiger charge is -2.29. The van der Waals surface area contributed by atoms with Gasteiger partial charge in [-0.05, 0) is 81.3 Å². The monoisotopic (exact) mass is 416 g/mol. The molecule has 156 valence electrons. The van der Waals surface area contributed by atoms with Crippen LogP contribution in [0.4, 0.5) is 5.69 Å². The molecule has 1 aliphatic rings. The van der Waals surface area contributed by atoms with Gasteiger partial charge in [0.25, 0.3) is 5.91 Å². The number of carbonyl (C=O) groups excluding carboxylic acids is 1. The van der Waals surface area contributed by atoms with E-state index in [4.69, 9.17) is 21.1 Å². The third kappa shape index (κ3) is 6.12. The van der Waals surface area contributed by atoms with E-state index < -0.39 is 6.10 Å². The summed E-state index contributed by atoms with van der Waals surface area (Å²) in [5, 5.41) is 3.60. The topological polar surface area (TPSA) is 50.8 Å². The van der Waals surface area contributed by atoms with Crippen LogP contribution in [0, 0.1) is 6.92 Å². The molecule has 0 aliphatic carbocycles. The minimum Gasteiger partial charge on any atom is -0.490 e. The number of halogens is 1. The number of benzene rings is 2. The standard InChI is InChI=1S/C23H29ClN2O3/c1-4-22(29-20-9-10-21(24)16(2)15-20)23(27)25-17-5-7-18(8-6-17)28-19-11-13-26(3)14-12-19/h5-10,15,19,22H,4,11-14H2,1-3H3,(H,25,27). The molecule has 0 saturated carbocycles. The lowest BCUT2D eigenvalue weighted by Crippen LogP contribution is -2.35. The normalized spacial score (nSPS) is 16.3. The SMILES string of the molecule is CCC(Oc1ccc(Cl)c(C)c1)C(=O)Nc1ccc(OC2CCN(C)CC2)cc1. The van der Waals surface area contributed by atoms with Gasteiger partial charge in [-0.1, -0.05) is 18.5 Å². The molecule has 1 aliphatic heterocycles. The fourth-order valence-corrected chi connectivity index (χ4v) is 3.43. The number of piperidine rings is 1. The van der Waals surface area contributed by atoms with Crippen LogP contribution in [0.3, 0.4) is 0 Å². The number of carbonyl (C=O) groups is 1. The van der Waals surface area contributed by atoms with Gasteiger partial charge in [-0.15, -0.1) is 0 Å². The number of hydrogen-bond acceptors (Lipinski definition) is 4. The van der Waals surface area contributed by atoms with Crippen molar-refractivity contribution in [1.82, 2.24) is 4.90 Å². The summed E-state index contributed by atoms with van der Waals surface area (Å²) in [6, 6.07) is 12.9. The Kier molecular flexibility index (Phi) is 7.40. The van der Waals surface area contributed by atoms with E-state index >= 15 is 0 Å². The van der Waals surface area contributed by atoms with Crippen molar-refractivity contribution in [2.24, 2.45) is 0 Å². The largest absolute Gasteiger partial charge is 0.490 e. The summed E-state index contributed by atoms with van der Waals surface area (Å²) in [4.78, 5) is 14.9. The number of rotatable bonds is 7. The lowest BCUT2D eigenvalue weighted by atomic mass is 10.1. The molecule has 0 spiro atoms. The highest BCUT2D eigenvalue weighted by Crippen LogP contribution is 2.24. The van der Waals surface area contributed by atoms with Crippen molar-refractivity contribution in [3.8, 4) is 11.5 Å². The first kappa shape index (κ1) is 21.5. The van der Waals surface area contributed by atoms with Gasteiger partial charge < -0.3 is 19.7 Å². The fourth-order valence-electron chi connectivity index (χ4n) is 3.31. The number of nitrogens with one attached hydrogen (secondary N) is 1. The molecule has 3 rings (SSSR count). The van der Waals surface area contributed by atoms with E-state index in [-0.39, 0.29) is 12.0 Å². The van der Waals surface area contributed by atoms with Gasteiger partial charge >= 0.3 is 0 Å². The first-order chi connectivity index (χ1) is 13.9. The van der Waals surface area contributed by atoms with E-state index in [2.05, 4.69) is 17.3 Å². The second-order valence-electron chi connectivity index (χ2n) is 7.56. The number of amides is 1. The van der Waals surface area contributed by atoms with Crippen LogP contribution in [-0.4, -0.2) is 43.2 Å². The maximum absolute atomic E-state index is 12.6. The van der Waals surface area contributed by atoms with E-state index in [1.807, 2.05) is 44.2 Å². The van der Waals surface area contributed by atoms with E-state index in [1.165, 1.54) is 0 Å². The summed E-state index contributed by atoms with van der Waals surface area (Å²) in [6.07, 6.45) is 2.31. The molecule has 0 radical (unpaired) electrons. The lowest BCUT2D eigenvalue weighted by molar-refractivity contribution is -0.122. The third-order valence-electron chi connectivity index (χ3n) is 5.16. The fraction of sp³-hybridized carbons (Fsp3) is 0.435. The Morgan fingerprint density at radius 3 is 2.45 bits per heavy atom. The zero-order valence-electron chi connectivity index (χ0n) is 17.3. The van der Waals surface area contributed by atoms with Crippen LogP contribution in [0.2, 0.25) is 5.02 Å². The van der Waals surface area contributed by atoms with Crippen molar-refractivity contribution < 1.29 is 14.3 Å². The quantitative estimate of drug-likeness (QED) is 0.696. The molecule has 2 aromatic carbocycles. The van der Waals surface area contributed by atoms with Gasteiger partial charge in [0.2, 0.25) is 0 Å². The first-order valence-electron chi connectivity index (χ1n) is 10.1. The maximum Gasteiger partial charge on any atom is 0.265 e. The summed E-state index contributed by atoms with van der Waals surface area (Å²) in [7, 11) is 2.13. The van der Waals surface area contributed by atoms with Crippen molar-refractivity contribution in [1.29, 1.82) is 0 Å². The highest BCUT2D eigenvalue weighted by atomic mass is 35.5. The van der Waals surface area contributed by atoms with Gasteiger partial charge in [0.1, 0.15) is 17.6 Å². The van der Waals surface area contributed by atoms with Gasteiger partial charge in [0, 0.05) is 23.8 Å². The number of hydrogen-bond donors (Lipinski definition) is 1. The number of nitrogens with zero attached hydrogens (tertiary/aromatic N) is 1. The molecule has 2 aromatic rings. The van der Waals surface area contributed by atoms with Crippen LogP contribution in [0.5, 0.6) is 11.5 Å². The van der Waals surface area contributed by atoms with E-state index in [9.17, 15) is 4.79 Å². The second-order valence-corrected chi connectivity index (χ2v) is 7.97. The summed E-state index contributed by atoms with van der Waals surface area (Å²) in [5.41, 5.74) is 1.64. The molecular weight excluding hydrogens is 388 g/mol. The Bertz CT molecular complexity index is 817. The molecule has 1 atom stereocenters. The Hall–Kier alpha value is -2.24. The zero-order chi connectivity index (χ0) is 20.8. The third-order valence-corrected chi connectivity index (χ3v) is 5.59. The molecule has 1 N–H and O–H groups in total. The molecule has 1 fully saturated rings. The predicted molar refractivity (Wildman–Crippen MR) is 117 cm³/mol. The highest BCUT2D eigenvalue weighted by molar-refractivity contribution is 6.31. The predicted octanol–water partition coefficient (Wildman–Crippen LogP) is 4.92. The van der Waals surface area contributed by atoms with Crippen LogP contribution in [0.25, 0.3) is 0 Å². The average molecular weight is 417 g/mol. The summed E-state index contributed by atoms with van der Waals surface area (Å²) in [5.74, 6) is 1.29. The van der Waals surface area contributed by atoms with Crippen LogP contribution in [0.15, 0.2) is 42.5 Å². The maximum atomic E-state index is 12.6. The Morgan fingerprint density at radius 2 is 1.83 bits per heavy atom. The van der Waals surface area contributed by atoms with Crippen molar-refractivity contribution in [2.75, 3.05) is 25.5 Å². The van der Waals surface area contributed by atoms with Crippen LogP contribution >= 0.6 is 11.6 Å². The zero-order valence-corrected chi connectivity index (χ0v) is 18.0. The molecule has 6 heteroatoms. The van der Waals surface area contributed by atoms with Crippen molar-refractivity contribution >= 4 is 23.2 Å². The highest BCUT2D eigenvalue weighted by Gasteiger charge is 2.20. The smallest absolute Gasteiger partial charge is 0.265 e. The molecule has 29 heavy (non-hydrogen) atoms. The van der Waals surface area contributed by atoms with E-state index in [1.54, 1.807) is 12.1 Å². The Balaban J connectivity index is 1.55. The van der Waals surface area contributed by atoms with Crippen molar-refractivity contribution in [3.63, 3.8) is 0 Å². The number of aryl methyl sites for hydroxylation is 1. The van der Waals surface area contributed by atoms with Gasteiger partial charge in [0.15, 0.2) is 6.10 Å². The van der Waals surface area contributed by atoms with Crippen LogP contribution in [-0.2, 0) is 4.79 Å². The minimum absolute atomic E-state index is 0.177. The number of ether oxygens (including phenoxy) is 2. The number of likely N-dealkylation sites (tertiary alicyclic amines) is 1. The van der Waals surface area contributed by atoms with Gasteiger partial charge in [-0.2, -0.15) is 0 Å². The Labute approximate surface area is 177 Å². The molecule has 0 bridgehead atoms. The van der Waals surface area contributed by atoms with Gasteiger partial charge in [-0.25, -0.2) is 0 Å². The van der Waals surface area contributed by atoms with Crippen molar-refractivity contribution in [2.45, 2.75) is 45.3 Å². The molecule has 1 amide bonds. The molecule has 1 unspecified atom stereocenters. The molecule has 5 nitrogen and oxygen atoms in total.